The average molecular weight is 405 g/mol. The van der Waals surface area contributed by atoms with E-state index in [1.807, 2.05) is 11.4 Å². The monoisotopic (exact) mass is 405 g/mol. The van der Waals surface area contributed by atoms with E-state index in [1.165, 1.54) is 0 Å². The van der Waals surface area contributed by atoms with E-state index in [1.54, 1.807) is 22.8 Å². The van der Waals surface area contributed by atoms with E-state index < -0.39 is 11.9 Å². The van der Waals surface area contributed by atoms with Gasteiger partial charge in [0.25, 0.3) is 5.56 Å². The molecule has 3 amide bonds. The van der Waals surface area contributed by atoms with Gasteiger partial charge < -0.3 is 10.5 Å². The molecular weight excluding hydrogens is 382 g/mol. The molecule has 0 bridgehead atoms. The van der Waals surface area contributed by atoms with Gasteiger partial charge in [0.1, 0.15) is 0 Å². The zero-order valence-electron chi connectivity index (χ0n) is 15.4. The van der Waals surface area contributed by atoms with Crippen LogP contribution in [0, 0.1) is 0 Å². The predicted octanol–water partition coefficient (Wildman–Crippen LogP) is 0.406. The highest BCUT2D eigenvalue weighted by Crippen LogP contribution is 2.18. The summed E-state index contributed by atoms with van der Waals surface area (Å²) in [6.45, 7) is 4.59. The number of urea groups is 1. The van der Waals surface area contributed by atoms with Crippen LogP contribution >= 0.6 is 11.8 Å². The van der Waals surface area contributed by atoms with E-state index in [0.29, 0.717) is 22.6 Å². The molecule has 0 saturated carbocycles. The first-order valence-electron chi connectivity index (χ1n) is 9.06. The maximum Gasteiger partial charge on any atom is 0.318 e. The fraction of sp³-hybridized carbons (Fsp3) is 0.444. The number of hydrogen-bond acceptors (Lipinski definition) is 7. The fourth-order valence-electron chi connectivity index (χ4n) is 3.04. The van der Waals surface area contributed by atoms with E-state index in [2.05, 4.69) is 9.88 Å². The first kappa shape index (κ1) is 20.3. The second-order valence-electron chi connectivity index (χ2n) is 6.38. The van der Waals surface area contributed by atoms with E-state index >= 15 is 0 Å². The minimum atomic E-state index is -0.903. The Hall–Kier alpha value is -2.43. The summed E-state index contributed by atoms with van der Waals surface area (Å²) in [5.74, 6) is -0.586. The van der Waals surface area contributed by atoms with E-state index in [0.717, 1.165) is 51.0 Å². The van der Waals surface area contributed by atoms with Crippen molar-refractivity contribution in [1.82, 2.24) is 19.8 Å². The minimum absolute atomic E-state index is 0.0583. The molecule has 0 aliphatic carbocycles. The average Bonchev–Trinajstić information content (AvgIpc) is 2.68. The lowest BCUT2D eigenvalue weighted by Crippen LogP contribution is -2.37. The molecule has 3 N–H and O–H groups in total. The molecule has 1 fully saturated rings. The molecule has 1 aromatic heterocycles. The van der Waals surface area contributed by atoms with Crippen LogP contribution in [-0.2, 0) is 16.1 Å². The maximum atomic E-state index is 13.0. The van der Waals surface area contributed by atoms with Crippen LogP contribution in [0.2, 0.25) is 0 Å². The smallest absolute Gasteiger partial charge is 0.318 e. The van der Waals surface area contributed by atoms with Gasteiger partial charge >= 0.3 is 6.03 Å². The molecule has 0 radical (unpaired) electrons. The van der Waals surface area contributed by atoms with Crippen LogP contribution < -0.4 is 16.6 Å². The molecule has 2 heterocycles. The molecule has 1 aliphatic rings. The van der Waals surface area contributed by atoms with Crippen molar-refractivity contribution in [1.29, 1.82) is 0 Å². The van der Waals surface area contributed by atoms with Gasteiger partial charge in [0, 0.05) is 26.2 Å². The number of amides is 3. The van der Waals surface area contributed by atoms with Gasteiger partial charge in [-0.2, -0.15) is 0 Å². The van der Waals surface area contributed by atoms with Crippen LogP contribution in [0.15, 0.2) is 34.2 Å². The number of nitrogens with zero attached hydrogens (tertiary/aromatic N) is 3. The molecule has 1 saturated heterocycles. The normalized spacial score (nSPS) is 14.9. The Morgan fingerprint density at radius 1 is 1.21 bits per heavy atom. The van der Waals surface area contributed by atoms with Crippen molar-refractivity contribution in [3.63, 3.8) is 0 Å². The fourth-order valence-corrected chi connectivity index (χ4v) is 3.86. The molecule has 1 aliphatic heterocycles. The number of fused-ring (bicyclic) bond motifs is 1. The van der Waals surface area contributed by atoms with Gasteiger partial charge in [-0.1, -0.05) is 23.9 Å². The van der Waals surface area contributed by atoms with Crippen LogP contribution in [-0.4, -0.2) is 65.0 Å². The van der Waals surface area contributed by atoms with Crippen LogP contribution in [0.25, 0.3) is 10.9 Å². The van der Waals surface area contributed by atoms with Gasteiger partial charge in [-0.15, -0.1) is 0 Å². The first-order valence-corrected chi connectivity index (χ1v) is 10.0. The zero-order valence-corrected chi connectivity index (χ0v) is 16.2. The number of ether oxygens (including phenoxy) is 1. The summed E-state index contributed by atoms with van der Waals surface area (Å²) in [6.07, 6.45) is 0.779. The van der Waals surface area contributed by atoms with Gasteiger partial charge in [0.2, 0.25) is 5.91 Å². The third kappa shape index (κ3) is 5.31. The number of aromatic nitrogens is 2. The Morgan fingerprint density at radius 3 is 2.71 bits per heavy atom. The van der Waals surface area contributed by atoms with Crippen LogP contribution in [0.5, 0.6) is 0 Å². The number of thioether (sulfide) groups is 1. The van der Waals surface area contributed by atoms with Crippen molar-refractivity contribution < 1.29 is 14.3 Å². The number of carbonyl (C=O) groups is 2. The number of benzene rings is 1. The first-order chi connectivity index (χ1) is 13.5. The van der Waals surface area contributed by atoms with Gasteiger partial charge in [0.05, 0.1) is 29.9 Å². The van der Waals surface area contributed by atoms with Crippen LogP contribution in [0.1, 0.15) is 6.42 Å². The Bertz CT molecular complexity index is 910. The summed E-state index contributed by atoms with van der Waals surface area (Å²) >= 11 is 1.11. The molecular formula is C18H23N5O4S. The Labute approximate surface area is 166 Å². The second-order valence-corrected chi connectivity index (χ2v) is 7.32. The minimum Gasteiger partial charge on any atom is -0.379 e. The highest BCUT2D eigenvalue weighted by atomic mass is 32.2. The van der Waals surface area contributed by atoms with Crippen LogP contribution in [0.4, 0.5) is 4.79 Å². The van der Waals surface area contributed by atoms with E-state index in [4.69, 9.17) is 10.5 Å². The number of primary amides is 1. The number of carbonyl (C=O) groups excluding carboxylic acids is 2. The number of nitrogens with two attached hydrogens (primary N) is 1. The largest absolute Gasteiger partial charge is 0.379 e. The summed E-state index contributed by atoms with van der Waals surface area (Å²) in [7, 11) is 0. The molecule has 10 heteroatoms. The molecule has 2 aromatic rings. The van der Waals surface area contributed by atoms with E-state index in [-0.39, 0.29) is 11.3 Å². The van der Waals surface area contributed by atoms with Crippen molar-refractivity contribution in [2.75, 3.05) is 38.6 Å². The Morgan fingerprint density at radius 2 is 1.96 bits per heavy atom. The number of para-hydroxylation sites is 1. The second kappa shape index (κ2) is 9.67. The number of rotatable bonds is 7. The lowest BCUT2D eigenvalue weighted by molar-refractivity contribution is -0.117. The molecule has 9 nitrogen and oxygen atoms in total. The van der Waals surface area contributed by atoms with Crippen molar-refractivity contribution >= 4 is 34.6 Å². The maximum absolute atomic E-state index is 13.0. The van der Waals surface area contributed by atoms with Crippen molar-refractivity contribution in [2.24, 2.45) is 5.73 Å². The van der Waals surface area contributed by atoms with Crippen molar-refractivity contribution in [2.45, 2.75) is 18.1 Å². The lowest BCUT2D eigenvalue weighted by atomic mass is 10.2. The summed E-state index contributed by atoms with van der Waals surface area (Å²) in [5.41, 5.74) is 5.41. The molecule has 28 heavy (non-hydrogen) atoms. The van der Waals surface area contributed by atoms with Crippen LogP contribution in [0.3, 0.4) is 0 Å². The van der Waals surface area contributed by atoms with Gasteiger partial charge in [-0.3, -0.25) is 24.4 Å². The molecule has 150 valence electrons. The standard InChI is InChI=1S/C18H23N5O4S/c19-17(26)21-15(24)12-28-18-20-14-5-2-1-4-13(14)16(25)23(18)7-3-6-22-8-10-27-11-9-22/h1-2,4-5H,3,6-12H2,(H3,19,21,24,26). The molecule has 1 aromatic carbocycles. The highest BCUT2D eigenvalue weighted by Gasteiger charge is 2.15. The number of imide groups is 1. The highest BCUT2D eigenvalue weighted by molar-refractivity contribution is 7.99. The number of hydrogen-bond donors (Lipinski definition) is 2. The molecule has 0 unspecified atom stereocenters. The summed E-state index contributed by atoms with van der Waals surface area (Å²) in [6, 6.07) is 6.22. The summed E-state index contributed by atoms with van der Waals surface area (Å²) < 4.78 is 6.95. The van der Waals surface area contributed by atoms with E-state index in [9.17, 15) is 14.4 Å². The third-order valence-corrected chi connectivity index (χ3v) is 5.36. The number of nitrogens with one attached hydrogen (secondary N) is 1. The SMILES string of the molecule is NC(=O)NC(=O)CSc1nc2ccccc2c(=O)n1CCCN1CCOCC1. The van der Waals surface area contributed by atoms with Gasteiger partial charge in [0.15, 0.2) is 5.16 Å². The molecule has 0 spiro atoms. The summed E-state index contributed by atoms with van der Waals surface area (Å²) in [4.78, 5) is 42.4. The van der Waals surface area contributed by atoms with Crippen molar-refractivity contribution in [3.05, 3.63) is 34.6 Å². The van der Waals surface area contributed by atoms with Gasteiger partial charge in [-0.05, 0) is 18.6 Å². The quantitative estimate of drug-likeness (QED) is 0.506. The Balaban J connectivity index is 1.76. The summed E-state index contributed by atoms with van der Waals surface area (Å²) in [5, 5.41) is 3.01. The number of morpholine rings is 1. The topological polar surface area (TPSA) is 120 Å². The third-order valence-electron chi connectivity index (χ3n) is 4.38. The Kier molecular flexibility index (Phi) is 7.01. The zero-order chi connectivity index (χ0) is 19.9. The lowest BCUT2D eigenvalue weighted by Gasteiger charge is -2.26. The van der Waals surface area contributed by atoms with Crippen molar-refractivity contribution in [3.8, 4) is 0 Å². The molecule has 3 rings (SSSR count). The van der Waals surface area contributed by atoms with Gasteiger partial charge in [-0.25, -0.2) is 9.78 Å². The predicted molar refractivity (Wildman–Crippen MR) is 106 cm³/mol. The molecule has 0 atom stereocenters.